The molecule has 1 aromatic carbocycles. The van der Waals surface area contributed by atoms with Gasteiger partial charge in [-0.15, -0.1) is 0 Å². The van der Waals surface area contributed by atoms with Gasteiger partial charge >= 0.3 is 0 Å². The van der Waals surface area contributed by atoms with Crippen molar-refractivity contribution in [2.24, 2.45) is 0 Å². The molecular weight excluding hydrogens is 294 g/mol. The SMILES string of the molecule is Cc1ccc(C(=O)N(CCCO)C(C)C)cc1Br. The fraction of sp³-hybridized carbons (Fsp3) is 0.500. The Morgan fingerprint density at radius 3 is 2.61 bits per heavy atom. The molecule has 0 aliphatic rings. The number of nitrogens with zero attached hydrogens (tertiary/aromatic N) is 1. The maximum absolute atomic E-state index is 12.4. The molecular formula is C14H20BrNO2. The first-order valence-electron chi connectivity index (χ1n) is 6.15. The topological polar surface area (TPSA) is 40.5 Å². The first-order valence-corrected chi connectivity index (χ1v) is 6.94. The molecule has 3 nitrogen and oxygen atoms in total. The first-order chi connectivity index (χ1) is 8.47. The molecule has 4 heteroatoms. The van der Waals surface area contributed by atoms with Crippen molar-refractivity contribution in [1.82, 2.24) is 4.90 Å². The Morgan fingerprint density at radius 1 is 1.44 bits per heavy atom. The zero-order valence-electron chi connectivity index (χ0n) is 11.1. The molecule has 0 radical (unpaired) electrons. The van der Waals surface area contributed by atoms with Crippen molar-refractivity contribution in [2.45, 2.75) is 33.2 Å². The van der Waals surface area contributed by atoms with Crippen LogP contribution < -0.4 is 0 Å². The second kappa shape index (κ2) is 6.90. The lowest BCUT2D eigenvalue weighted by Crippen LogP contribution is -2.38. The summed E-state index contributed by atoms with van der Waals surface area (Å²) in [6.45, 7) is 6.65. The van der Waals surface area contributed by atoms with E-state index in [-0.39, 0.29) is 18.6 Å². The summed E-state index contributed by atoms with van der Waals surface area (Å²) in [6, 6.07) is 5.76. The summed E-state index contributed by atoms with van der Waals surface area (Å²) in [5.41, 5.74) is 1.79. The van der Waals surface area contributed by atoms with Crippen LogP contribution in [0.4, 0.5) is 0 Å². The van der Waals surface area contributed by atoms with E-state index in [9.17, 15) is 4.79 Å². The van der Waals surface area contributed by atoms with Crippen LogP contribution in [-0.2, 0) is 0 Å². The van der Waals surface area contributed by atoms with Gasteiger partial charge in [-0.1, -0.05) is 22.0 Å². The molecule has 0 aromatic heterocycles. The molecule has 0 bridgehead atoms. The number of halogens is 1. The summed E-state index contributed by atoms with van der Waals surface area (Å²) in [6.07, 6.45) is 0.608. The van der Waals surface area contributed by atoms with Crippen LogP contribution >= 0.6 is 15.9 Å². The highest BCUT2D eigenvalue weighted by atomic mass is 79.9. The Hall–Kier alpha value is -0.870. The normalized spacial score (nSPS) is 10.8. The molecule has 0 fully saturated rings. The second-order valence-electron chi connectivity index (χ2n) is 4.63. The molecule has 0 aliphatic heterocycles. The molecule has 0 aliphatic carbocycles. The fourth-order valence-electron chi connectivity index (χ4n) is 1.73. The summed E-state index contributed by atoms with van der Waals surface area (Å²) in [5, 5.41) is 8.88. The molecule has 0 heterocycles. The van der Waals surface area contributed by atoms with Gasteiger partial charge in [-0.3, -0.25) is 4.79 Å². The quantitative estimate of drug-likeness (QED) is 0.908. The minimum absolute atomic E-state index is 0.0131. The number of aliphatic hydroxyl groups is 1. The number of benzene rings is 1. The van der Waals surface area contributed by atoms with E-state index in [1.807, 2.05) is 39.0 Å². The monoisotopic (exact) mass is 313 g/mol. The number of aliphatic hydroxyl groups excluding tert-OH is 1. The third kappa shape index (κ3) is 3.82. The number of hydrogen-bond acceptors (Lipinski definition) is 2. The molecule has 100 valence electrons. The average Bonchev–Trinajstić information content (AvgIpc) is 2.32. The first kappa shape index (κ1) is 15.2. The minimum atomic E-state index is 0.0131. The lowest BCUT2D eigenvalue weighted by atomic mass is 10.1. The fourth-order valence-corrected chi connectivity index (χ4v) is 2.11. The third-order valence-electron chi connectivity index (χ3n) is 2.86. The lowest BCUT2D eigenvalue weighted by molar-refractivity contribution is 0.0693. The number of carbonyl (C=O) groups is 1. The van der Waals surface area contributed by atoms with Gasteiger partial charge in [0, 0.05) is 29.2 Å². The summed E-state index contributed by atoms with van der Waals surface area (Å²) in [7, 11) is 0. The van der Waals surface area contributed by atoms with Gasteiger partial charge in [-0.05, 0) is 44.9 Å². The summed E-state index contributed by atoms with van der Waals surface area (Å²) < 4.78 is 0.944. The van der Waals surface area contributed by atoms with Crippen LogP contribution in [0.25, 0.3) is 0 Å². The Kier molecular flexibility index (Phi) is 5.82. The molecule has 0 atom stereocenters. The summed E-state index contributed by atoms with van der Waals surface area (Å²) in [5.74, 6) is 0.0131. The molecule has 1 amide bonds. The standard InChI is InChI=1S/C14H20BrNO2/c1-10(2)16(7-4-8-17)14(18)12-6-5-11(3)13(15)9-12/h5-6,9-10,17H,4,7-8H2,1-3H3. The van der Waals surface area contributed by atoms with E-state index in [4.69, 9.17) is 5.11 Å². The van der Waals surface area contributed by atoms with Gasteiger partial charge < -0.3 is 10.0 Å². The van der Waals surface area contributed by atoms with Gasteiger partial charge in [-0.25, -0.2) is 0 Å². The predicted octanol–water partition coefficient (Wildman–Crippen LogP) is 2.99. The molecule has 1 rings (SSSR count). The van der Waals surface area contributed by atoms with E-state index in [1.165, 1.54) is 0 Å². The van der Waals surface area contributed by atoms with E-state index in [1.54, 1.807) is 4.90 Å². The van der Waals surface area contributed by atoms with Gasteiger partial charge in [0.25, 0.3) is 5.91 Å². The Balaban J connectivity index is 2.91. The minimum Gasteiger partial charge on any atom is -0.396 e. The Labute approximate surface area is 117 Å². The van der Waals surface area contributed by atoms with Crippen molar-refractivity contribution in [1.29, 1.82) is 0 Å². The van der Waals surface area contributed by atoms with Crippen LogP contribution in [0.5, 0.6) is 0 Å². The van der Waals surface area contributed by atoms with Gasteiger partial charge in [0.05, 0.1) is 0 Å². The van der Waals surface area contributed by atoms with E-state index >= 15 is 0 Å². The molecule has 1 aromatic rings. The number of hydrogen-bond donors (Lipinski definition) is 1. The average molecular weight is 314 g/mol. The second-order valence-corrected chi connectivity index (χ2v) is 5.49. The summed E-state index contributed by atoms with van der Waals surface area (Å²) in [4.78, 5) is 14.2. The van der Waals surface area contributed by atoms with Gasteiger partial charge in [0.1, 0.15) is 0 Å². The van der Waals surface area contributed by atoms with Crippen LogP contribution in [-0.4, -0.2) is 35.1 Å². The van der Waals surface area contributed by atoms with Crippen molar-refractivity contribution in [3.05, 3.63) is 33.8 Å². The molecule has 0 unspecified atom stereocenters. The Morgan fingerprint density at radius 2 is 2.11 bits per heavy atom. The highest BCUT2D eigenvalue weighted by Gasteiger charge is 2.18. The van der Waals surface area contributed by atoms with Crippen molar-refractivity contribution < 1.29 is 9.90 Å². The third-order valence-corrected chi connectivity index (χ3v) is 3.71. The van der Waals surface area contributed by atoms with E-state index < -0.39 is 0 Å². The maximum Gasteiger partial charge on any atom is 0.254 e. The van der Waals surface area contributed by atoms with Crippen molar-refractivity contribution >= 4 is 21.8 Å². The molecule has 18 heavy (non-hydrogen) atoms. The number of amides is 1. The molecule has 0 saturated carbocycles. The van der Waals surface area contributed by atoms with Crippen LogP contribution in [0, 0.1) is 6.92 Å². The van der Waals surface area contributed by atoms with Crippen LogP contribution in [0.3, 0.4) is 0 Å². The zero-order chi connectivity index (χ0) is 13.7. The molecule has 0 spiro atoms. The smallest absolute Gasteiger partial charge is 0.254 e. The maximum atomic E-state index is 12.4. The zero-order valence-corrected chi connectivity index (χ0v) is 12.7. The predicted molar refractivity (Wildman–Crippen MR) is 76.8 cm³/mol. The number of carbonyl (C=O) groups excluding carboxylic acids is 1. The van der Waals surface area contributed by atoms with Crippen LogP contribution in [0.2, 0.25) is 0 Å². The van der Waals surface area contributed by atoms with E-state index in [0.29, 0.717) is 18.5 Å². The van der Waals surface area contributed by atoms with E-state index in [2.05, 4.69) is 15.9 Å². The molecule has 0 saturated heterocycles. The van der Waals surface area contributed by atoms with E-state index in [0.717, 1.165) is 10.0 Å². The number of rotatable bonds is 5. The van der Waals surface area contributed by atoms with Gasteiger partial charge in [0.15, 0.2) is 0 Å². The highest BCUT2D eigenvalue weighted by molar-refractivity contribution is 9.10. The highest BCUT2D eigenvalue weighted by Crippen LogP contribution is 2.19. The lowest BCUT2D eigenvalue weighted by Gasteiger charge is -2.26. The van der Waals surface area contributed by atoms with Crippen molar-refractivity contribution in [3.63, 3.8) is 0 Å². The van der Waals surface area contributed by atoms with Crippen molar-refractivity contribution in [2.75, 3.05) is 13.2 Å². The Bertz CT molecular complexity index is 418. The number of aryl methyl sites for hydroxylation is 1. The molecule has 1 N–H and O–H groups in total. The van der Waals surface area contributed by atoms with Crippen molar-refractivity contribution in [3.8, 4) is 0 Å². The van der Waals surface area contributed by atoms with Gasteiger partial charge in [-0.2, -0.15) is 0 Å². The summed E-state index contributed by atoms with van der Waals surface area (Å²) >= 11 is 3.44. The van der Waals surface area contributed by atoms with Crippen LogP contribution in [0.1, 0.15) is 36.2 Å². The van der Waals surface area contributed by atoms with Crippen LogP contribution in [0.15, 0.2) is 22.7 Å². The largest absolute Gasteiger partial charge is 0.396 e. The van der Waals surface area contributed by atoms with Gasteiger partial charge in [0.2, 0.25) is 0 Å².